The number of nitrogens with one attached hydrogen (secondary N) is 1. The number of amides is 1. The van der Waals surface area contributed by atoms with Gasteiger partial charge in [0, 0.05) is 7.05 Å². The van der Waals surface area contributed by atoms with Gasteiger partial charge in [-0.1, -0.05) is 12.1 Å². The number of nitrogens with zero attached hydrogens (tertiary/aromatic N) is 1. The molecule has 1 amide bonds. The molecule has 0 aliphatic rings. The number of hydrogen-bond donors (Lipinski definition) is 1. The first-order chi connectivity index (χ1) is 7.96. The standard InChI is InChI=1S/C11H12N2O3S/c1-13-11(14)8-17(15,16)7-10-4-2-3-9(5-10)6-12/h2-5H,7-8H2,1H3,(H,13,14). The molecule has 0 saturated heterocycles. The zero-order chi connectivity index (χ0) is 12.9. The second kappa shape index (κ2) is 5.46. The Kier molecular flexibility index (Phi) is 4.24. The van der Waals surface area contributed by atoms with Gasteiger partial charge in [0.1, 0.15) is 5.75 Å². The lowest BCUT2D eigenvalue weighted by atomic mass is 10.2. The van der Waals surface area contributed by atoms with Crippen molar-refractivity contribution in [2.75, 3.05) is 12.8 Å². The Labute approximate surface area is 100.0 Å². The number of carbonyl (C=O) groups excluding carboxylic acids is 1. The summed E-state index contributed by atoms with van der Waals surface area (Å²) in [7, 11) is -2.11. The van der Waals surface area contributed by atoms with Gasteiger partial charge >= 0.3 is 0 Å². The van der Waals surface area contributed by atoms with Gasteiger partial charge in [0.2, 0.25) is 5.91 Å². The van der Waals surface area contributed by atoms with Gasteiger partial charge in [-0.15, -0.1) is 0 Å². The topological polar surface area (TPSA) is 87.0 Å². The van der Waals surface area contributed by atoms with Crippen molar-refractivity contribution < 1.29 is 13.2 Å². The third-order valence-electron chi connectivity index (χ3n) is 2.07. The zero-order valence-corrected chi connectivity index (χ0v) is 10.1. The fraction of sp³-hybridized carbons (Fsp3) is 0.273. The van der Waals surface area contributed by atoms with Gasteiger partial charge < -0.3 is 5.32 Å². The molecular formula is C11H12N2O3S. The van der Waals surface area contributed by atoms with Gasteiger partial charge in [0.05, 0.1) is 17.4 Å². The van der Waals surface area contributed by atoms with Crippen LogP contribution in [0.2, 0.25) is 0 Å². The quantitative estimate of drug-likeness (QED) is 0.830. The molecule has 0 heterocycles. The maximum Gasteiger partial charge on any atom is 0.234 e. The molecule has 1 rings (SSSR count). The van der Waals surface area contributed by atoms with Gasteiger partial charge in [-0.25, -0.2) is 8.42 Å². The number of rotatable bonds is 4. The van der Waals surface area contributed by atoms with Crippen LogP contribution in [0.3, 0.4) is 0 Å². The minimum Gasteiger partial charge on any atom is -0.358 e. The van der Waals surface area contributed by atoms with Crippen LogP contribution in [0.4, 0.5) is 0 Å². The Morgan fingerprint density at radius 3 is 2.76 bits per heavy atom. The van der Waals surface area contributed by atoms with Crippen LogP contribution in [0, 0.1) is 11.3 Å². The zero-order valence-electron chi connectivity index (χ0n) is 9.30. The number of nitriles is 1. The van der Waals surface area contributed by atoms with Crippen molar-refractivity contribution in [3.63, 3.8) is 0 Å². The Hall–Kier alpha value is -1.87. The molecule has 6 heteroatoms. The minimum absolute atomic E-state index is 0.240. The summed E-state index contributed by atoms with van der Waals surface area (Å²) < 4.78 is 23.3. The second-order valence-corrected chi connectivity index (χ2v) is 5.58. The summed E-state index contributed by atoms with van der Waals surface area (Å²) in [6.45, 7) is 0. The molecule has 0 aromatic heterocycles. The Morgan fingerprint density at radius 2 is 2.18 bits per heavy atom. The van der Waals surface area contributed by atoms with Crippen LogP contribution < -0.4 is 5.32 Å². The van der Waals surface area contributed by atoms with Crippen molar-refractivity contribution >= 4 is 15.7 Å². The van der Waals surface area contributed by atoms with E-state index in [1.165, 1.54) is 13.1 Å². The van der Waals surface area contributed by atoms with E-state index in [2.05, 4.69) is 5.32 Å². The number of carbonyl (C=O) groups is 1. The summed E-state index contributed by atoms with van der Waals surface area (Å²) in [6, 6.07) is 8.25. The van der Waals surface area contributed by atoms with Crippen molar-refractivity contribution in [1.82, 2.24) is 5.32 Å². The van der Waals surface area contributed by atoms with Crippen LogP contribution in [0.5, 0.6) is 0 Å². The van der Waals surface area contributed by atoms with E-state index >= 15 is 0 Å². The van der Waals surface area contributed by atoms with Gasteiger partial charge in [0.25, 0.3) is 0 Å². The molecule has 1 N–H and O–H groups in total. The van der Waals surface area contributed by atoms with E-state index < -0.39 is 21.5 Å². The number of benzene rings is 1. The van der Waals surface area contributed by atoms with Crippen molar-refractivity contribution in [2.45, 2.75) is 5.75 Å². The molecule has 17 heavy (non-hydrogen) atoms. The summed E-state index contributed by atoms with van der Waals surface area (Å²) in [5.74, 6) is -1.32. The van der Waals surface area contributed by atoms with E-state index in [1.807, 2.05) is 6.07 Å². The first kappa shape index (κ1) is 13.2. The molecule has 0 aliphatic carbocycles. The first-order valence-corrected chi connectivity index (χ1v) is 6.69. The number of hydrogen-bond acceptors (Lipinski definition) is 4. The largest absolute Gasteiger partial charge is 0.358 e. The van der Waals surface area contributed by atoms with Crippen molar-refractivity contribution in [3.8, 4) is 6.07 Å². The molecule has 1 aromatic rings. The highest BCUT2D eigenvalue weighted by molar-refractivity contribution is 7.91. The maximum atomic E-state index is 11.6. The Bertz CT molecular complexity index is 558. The molecule has 0 unspecified atom stereocenters. The lowest BCUT2D eigenvalue weighted by Crippen LogP contribution is -2.27. The van der Waals surface area contributed by atoms with Crippen LogP contribution in [-0.2, 0) is 20.4 Å². The SMILES string of the molecule is CNC(=O)CS(=O)(=O)Cc1cccc(C#N)c1. The van der Waals surface area contributed by atoms with E-state index in [0.717, 1.165) is 0 Å². The van der Waals surface area contributed by atoms with Crippen molar-refractivity contribution in [1.29, 1.82) is 5.26 Å². The van der Waals surface area contributed by atoms with Gasteiger partial charge in [-0.3, -0.25) is 4.79 Å². The van der Waals surface area contributed by atoms with E-state index in [1.54, 1.807) is 18.2 Å². The summed E-state index contributed by atoms with van der Waals surface area (Å²) in [4.78, 5) is 11.0. The molecule has 0 saturated carbocycles. The van der Waals surface area contributed by atoms with Crippen molar-refractivity contribution in [3.05, 3.63) is 35.4 Å². The molecule has 90 valence electrons. The van der Waals surface area contributed by atoms with E-state index in [4.69, 9.17) is 5.26 Å². The molecular weight excluding hydrogens is 240 g/mol. The summed E-state index contributed by atoms with van der Waals surface area (Å²) in [5.41, 5.74) is 0.908. The molecule has 0 spiro atoms. The van der Waals surface area contributed by atoms with Gasteiger partial charge in [-0.05, 0) is 17.7 Å². The smallest absolute Gasteiger partial charge is 0.234 e. The average Bonchev–Trinajstić information content (AvgIpc) is 2.27. The molecule has 0 atom stereocenters. The van der Waals surface area contributed by atoms with Crippen LogP contribution in [-0.4, -0.2) is 27.1 Å². The van der Waals surface area contributed by atoms with Crippen LogP contribution in [0.15, 0.2) is 24.3 Å². The van der Waals surface area contributed by atoms with E-state index in [9.17, 15) is 13.2 Å². The molecule has 0 radical (unpaired) electrons. The normalized spacial score (nSPS) is 10.6. The average molecular weight is 252 g/mol. The highest BCUT2D eigenvalue weighted by Crippen LogP contribution is 2.09. The number of sulfone groups is 1. The summed E-state index contributed by atoms with van der Waals surface area (Å²) >= 11 is 0. The highest BCUT2D eigenvalue weighted by atomic mass is 32.2. The molecule has 0 aliphatic heterocycles. The third-order valence-corrected chi connectivity index (χ3v) is 3.55. The van der Waals surface area contributed by atoms with Crippen LogP contribution >= 0.6 is 0 Å². The lowest BCUT2D eigenvalue weighted by Gasteiger charge is -2.04. The Morgan fingerprint density at radius 1 is 1.47 bits per heavy atom. The van der Waals surface area contributed by atoms with Crippen LogP contribution in [0.25, 0.3) is 0 Å². The molecule has 0 bridgehead atoms. The van der Waals surface area contributed by atoms with Crippen LogP contribution in [0.1, 0.15) is 11.1 Å². The summed E-state index contributed by atoms with van der Waals surface area (Å²) in [6.07, 6.45) is 0. The fourth-order valence-corrected chi connectivity index (χ4v) is 2.64. The second-order valence-electron chi connectivity index (χ2n) is 3.52. The van der Waals surface area contributed by atoms with Crippen molar-refractivity contribution in [2.24, 2.45) is 0 Å². The fourth-order valence-electron chi connectivity index (χ4n) is 1.31. The lowest BCUT2D eigenvalue weighted by molar-refractivity contribution is -0.118. The first-order valence-electron chi connectivity index (χ1n) is 4.87. The van der Waals surface area contributed by atoms with E-state index in [-0.39, 0.29) is 5.75 Å². The highest BCUT2D eigenvalue weighted by Gasteiger charge is 2.16. The monoisotopic (exact) mass is 252 g/mol. The predicted octanol–water partition coefficient (Wildman–Crippen LogP) is 0.219. The molecule has 1 aromatic carbocycles. The predicted molar refractivity (Wildman–Crippen MR) is 62.7 cm³/mol. The van der Waals surface area contributed by atoms with E-state index in [0.29, 0.717) is 11.1 Å². The third kappa shape index (κ3) is 4.25. The maximum absolute atomic E-state index is 11.6. The molecule has 0 fully saturated rings. The molecule has 5 nitrogen and oxygen atoms in total. The van der Waals surface area contributed by atoms with Gasteiger partial charge in [0.15, 0.2) is 9.84 Å². The Balaban J connectivity index is 2.83. The van der Waals surface area contributed by atoms with Gasteiger partial charge in [-0.2, -0.15) is 5.26 Å². The minimum atomic E-state index is -3.49. The summed E-state index contributed by atoms with van der Waals surface area (Å²) in [5, 5.41) is 10.9.